The van der Waals surface area contributed by atoms with Gasteiger partial charge in [-0.3, -0.25) is 0 Å². The number of nitrogens with zero attached hydrogens (tertiary/aromatic N) is 4. The second kappa shape index (κ2) is 12.1. The van der Waals surface area contributed by atoms with E-state index in [9.17, 15) is 0 Å². The molecule has 0 aliphatic rings. The first-order valence-electron chi connectivity index (χ1n) is 19.7. The molecule has 11 rings (SSSR count). The van der Waals surface area contributed by atoms with Gasteiger partial charge in [0, 0.05) is 78.6 Å². The minimum Gasteiger partial charge on any atom is -0.340 e. The van der Waals surface area contributed by atoms with E-state index in [0.29, 0.717) is 0 Å². The van der Waals surface area contributed by atoms with Crippen LogP contribution in [-0.2, 0) is 13.1 Å². The molecule has 4 aromatic heterocycles. The average Bonchev–Trinajstić information content (AvgIpc) is 3.92. The molecular formula is C50H42N4. The third-order valence-corrected chi connectivity index (χ3v) is 12.0. The van der Waals surface area contributed by atoms with Gasteiger partial charge in [-0.05, 0) is 73.5 Å². The molecule has 0 spiro atoms. The van der Waals surface area contributed by atoms with Crippen LogP contribution >= 0.6 is 0 Å². The van der Waals surface area contributed by atoms with E-state index in [0.717, 1.165) is 25.9 Å². The lowest BCUT2D eigenvalue weighted by Gasteiger charge is -2.12. The molecule has 4 heterocycles. The predicted molar refractivity (Wildman–Crippen MR) is 231 cm³/mol. The molecule has 0 N–H and O–H groups in total. The molecule has 11 aromatic rings. The Hall–Kier alpha value is -6.26. The van der Waals surface area contributed by atoms with Crippen LogP contribution in [0.25, 0.3) is 98.6 Å². The van der Waals surface area contributed by atoms with Crippen LogP contribution in [0.3, 0.4) is 0 Å². The van der Waals surface area contributed by atoms with Crippen molar-refractivity contribution >= 4 is 87.2 Å². The van der Waals surface area contributed by atoms with Gasteiger partial charge in [-0.2, -0.15) is 0 Å². The number of rotatable bonds is 8. The largest absolute Gasteiger partial charge is 0.340 e. The highest BCUT2D eigenvalue weighted by atomic mass is 15.0. The number of hydrogen-bond acceptors (Lipinski definition) is 0. The van der Waals surface area contributed by atoms with Gasteiger partial charge in [-0.15, -0.1) is 0 Å². The number of hydrogen-bond donors (Lipinski definition) is 0. The first-order valence-corrected chi connectivity index (χ1v) is 19.7. The minimum absolute atomic E-state index is 1.02. The van der Waals surface area contributed by atoms with Gasteiger partial charge >= 0.3 is 0 Å². The summed E-state index contributed by atoms with van der Waals surface area (Å²) in [5.41, 5.74) is 12.6. The average molecular weight is 699 g/mol. The van der Waals surface area contributed by atoms with E-state index in [-0.39, 0.29) is 0 Å². The van der Waals surface area contributed by atoms with Crippen LogP contribution in [0, 0.1) is 0 Å². The molecular weight excluding hydrogens is 657 g/mol. The summed E-state index contributed by atoms with van der Waals surface area (Å²) in [6, 6.07) is 54.7. The summed E-state index contributed by atoms with van der Waals surface area (Å²) >= 11 is 0. The molecule has 0 fully saturated rings. The first kappa shape index (κ1) is 31.3. The van der Waals surface area contributed by atoms with Crippen LogP contribution in [0.2, 0.25) is 0 Å². The van der Waals surface area contributed by atoms with Crippen LogP contribution in [-0.4, -0.2) is 18.3 Å². The van der Waals surface area contributed by atoms with E-state index < -0.39 is 0 Å². The fourth-order valence-electron chi connectivity index (χ4n) is 9.45. The fourth-order valence-corrected chi connectivity index (χ4v) is 9.45. The Kier molecular flexibility index (Phi) is 7.03. The lowest BCUT2D eigenvalue weighted by molar-refractivity contribution is 0.665. The van der Waals surface area contributed by atoms with E-state index >= 15 is 0 Å². The molecule has 54 heavy (non-hydrogen) atoms. The molecule has 4 heteroatoms. The molecule has 0 atom stereocenters. The molecule has 7 aromatic carbocycles. The summed E-state index contributed by atoms with van der Waals surface area (Å²) in [6.07, 6.45) is 4.65. The van der Waals surface area contributed by atoms with Gasteiger partial charge < -0.3 is 18.3 Å². The quantitative estimate of drug-likeness (QED) is 0.151. The highest BCUT2D eigenvalue weighted by Crippen LogP contribution is 2.41. The maximum atomic E-state index is 2.54. The number of fused-ring (bicyclic) bond motifs is 12. The summed E-state index contributed by atoms with van der Waals surface area (Å²) in [5, 5.41) is 10.4. The Bertz CT molecular complexity index is 3030. The molecule has 0 aliphatic carbocycles. The first-order chi connectivity index (χ1) is 26.7. The smallest absolute Gasteiger partial charge is 0.0548 e. The van der Waals surface area contributed by atoms with E-state index in [1.807, 2.05) is 0 Å². The summed E-state index contributed by atoms with van der Waals surface area (Å²) in [7, 11) is 0. The Morgan fingerprint density at radius 2 is 0.667 bits per heavy atom. The van der Waals surface area contributed by atoms with E-state index in [2.05, 4.69) is 178 Å². The molecule has 0 radical (unpaired) electrons. The molecule has 0 unspecified atom stereocenters. The molecule has 0 saturated carbocycles. The summed E-state index contributed by atoms with van der Waals surface area (Å²) in [6.45, 7) is 6.59. The van der Waals surface area contributed by atoms with E-state index in [4.69, 9.17) is 0 Å². The van der Waals surface area contributed by atoms with Crippen LogP contribution in [0.15, 0.2) is 146 Å². The van der Waals surface area contributed by atoms with Crippen molar-refractivity contribution < 1.29 is 0 Å². The van der Waals surface area contributed by atoms with Crippen LogP contribution in [0.4, 0.5) is 0 Å². The number of benzene rings is 7. The number of aryl methyl sites for hydroxylation is 2. The topological polar surface area (TPSA) is 19.7 Å². The zero-order valence-corrected chi connectivity index (χ0v) is 30.9. The van der Waals surface area contributed by atoms with Crippen molar-refractivity contribution in [3.63, 3.8) is 0 Å². The van der Waals surface area contributed by atoms with Gasteiger partial charge in [0.15, 0.2) is 0 Å². The van der Waals surface area contributed by atoms with Crippen molar-refractivity contribution in [3.8, 4) is 11.4 Å². The Morgan fingerprint density at radius 3 is 1.07 bits per heavy atom. The van der Waals surface area contributed by atoms with Crippen LogP contribution in [0.5, 0.6) is 0 Å². The van der Waals surface area contributed by atoms with E-state index in [1.54, 1.807) is 0 Å². The molecule has 0 aliphatic heterocycles. The van der Waals surface area contributed by atoms with Crippen molar-refractivity contribution in [2.75, 3.05) is 0 Å². The summed E-state index contributed by atoms with van der Waals surface area (Å²) in [4.78, 5) is 0. The maximum absolute atomic E-state index is 2.54. The highest BCUT2D eigenvalue weighted by Gasteiger charge is 2.20. The van der Waals surface area contributed by atoms with Gasteiger partial charge in [0.25, 0.3) is 0 Å². The number of para-hydroxylation sites is 4. The Balaban J connectivity index is 1.18. The van der Waals surface area contributed by atoms with Crippen molar-refractivity contribution in [2.45, 2.75) is 52.6 Å². The second-order valence-electron chi connectivity index (χ2n) is 15.0. The van der Waals surface area contributed by atoms with Crippen molar-refractivity contribution in [2.24, 2.45) is 0 Å². The predicted octanol–water partition coefficient (Wildman–Crippen LogP) is 13.7. The van der Waals surface area contributed by atoms with Gasteiger partial charge in [0.1, 0.15) is 0 Å². The van der Waals surface area contributed by atoms with Crippen molar-refractivity contribution in [1.29, 1.82) is 0 Å². The van der Waals surface area contributed by atoms with Crippen molar-refractivity contribution in [1.82, 2.24) is 18.3 Å². The molecule has 0 saturated heterocycles. The number of aromatic nitrogens is 4. The molecule has 4 nitrogen and oxygen atoms in total. The maximum Gasteiger partial charge on any atom is 0.0548 e. The Labute approximate surface area is 314 Å². The van der Waals surface area contributed by atoms with Gasteiger partial charge in [0.05, 0.1) is 33.1 Å². The molecule has 262 valence electrons. The standard InChI is InChI=1S/C50H42N4/c1-3-5-27-51-43-19-11-7-15-35(43)39-25-23-33(29-47(39)51)53-45-21-13-9-17-37(45)41-32-50-42(31-49(41)53)38-18-10-14-22-46(38)54(50)34-24-26-40-36-16-8-12-20-44(36)52(28-6-4-2)48(40)30-34/h7-26,29-32H,3-6,27-28H2,1-2H3. The summed E-state index contributed by atoms with van der Waals surface area (Å²) < 4.78 is 10.1. The lowest BCUT2D eigenvalue weighted by atomic mass is 10.1. The monoisotopic (exact) mass is 698 g/mol. The third-order valence-electron chi connectivity index (χ3n) is 12.0. The SMILES string of the molecule is CCCCn1c2ccccc2c2ccc(-n3c4ccccc4c4cc5c(cc43)c3ccccc3n5-c3ccc4c5ccccc5n(CCCC)c4c3)cc21. The Morgan fingerprint density at radius 1 is 0.315 bits per heavy atom. The second-order valence-corrected chi connectivity index (χ2v) is 15.0. The lowest BCUT2D eigenvalue weighted by Crippen LogP contribution is -1.99. The summed E-state index contributed by atoms with van der Waals surface area (Å²) in [5.74, 6) is 0. The van der Waals surface area contributed by atoms with Gasteiger partial charge in [-0.1, -0.05) is 112 Å². The zero-order valence-electron chi connectivity index (χ0n) is 30.9. The zero-order chi connectivity index (χ0) is 35.9. The van der Waals surface area contributed by atoms with Crippen molar-refractivity contribution in [3.05, 3.63) is 146 Å². The molecule has 0 bridgehead atoms. The fraction of sp³-hybridized carbons (Fsp3) is 0.160. The van der Waals surface area contributed by atoms with Gasteiger partial charge in [-0.25, -0.2) is 0 Å². The van der Waals surface area contributed by atoms with Crippen LogP contribution in [0.1, 0.15) is 39.5 Å². The van der Waals surface area contributed by atoms with E-state index in [1.165, 1.54) is 111 Å². The normalized spacial score (nSPS) is 12.3. The minimum atomic E-state index is 1.02. The van der Waals surface area contributed by atoms with Crippen LogP contribution < -0.4 is 0 Å². The van der Waals surface area contributed by atoms with Gasteiger partial charge in [0.2, 0.25) is 0 Å². The third kappa shape index (κ3) is 4.43. The number of unbranched alkanes of at least 4 members (excludes halogenated alkanes) is 2. The molecule has 0 amide bonds. The highest BCUT2D eigenvalue weighted by molar-refractivity contribution is 6.19.